The Morgan fingerprint density at radius 3 is 2.59 bits per heavy atom. The molecule has 0 unspecified atom stereocenters. The number of fused-ring (bicyclic) bond motifs is 1. The Morgan fingerprint density at radius 2 is 1.85 bits per heavy atom. The second-order valence-electron chi connectivity index (χ2n) is 10.6. The number of anilines is 1. The Kier molecular flexibility index (Phi) is 6.74. The number of benzene rings is 1. The number of pyridine rings is 2. The lowest BCUT2D eigenvalue weighted by Crippen LogP contribution is -2.15. The maximum Gasteiger partial charge on any atom is 0.181 e. The molecule has 0 saturated heterocycles. The summed E-state index contributed by atoms with van der Waals surface area (Å²) < 4.78 is 14.0. The largest absolute Gasteiger partial charge is 0.358 e. The third-order valence-corrected chi connectivity index (χ3v) is 6.68. The number of allylic oxidation sites excluding steroid dienone is 3. The zero-order valence-corrected chi connectivity index (χ0v) is 22.6. The molecule has 0 radical (unpaired) electrons. The van der Waals surface area contributed by atoms with Gasteiger partial charge in [0.25, 0.3) is 0 Å². The summed E-state index contributed by atoms with van der Waals surface area (Å²) in [5.74, 6) is -0.287. The van der Waals surface area contributed by atoms with E-state index in [0.29, 0.717) is 5.65 Å². The summed E-state index contributed by atoms with van der Waals surface area (Å²) >= 11 is 0. The van der Waals surface area contributed by atoms with Crippen molar-refractivity contribution in [2.45, 2.75) is 27.7 Å². The molecule has 4 aromatic heterocycles. The highest BCUT2D eigenvalue weighted by Gasteiger charge is 2.18. The van der Waals surface area contributed by atoms with Crippen molar-refractivity contribution in [1.29, 1.82) is 0 Å². The molecule has 4 heterocycles. The molecular weight excluding hydrogens is 487 g/mol. The lowest BCUT2D eigenvalue weighted by Gasteiger charge is -2.23. The number of rotatable bonds is 7. The molecule has 5 rings (SSSR count). The first-order valence-electron chi connectivity index (χ1n) is 12.7. The normalized spacial score (nSPS) is 12.1. The minimum Gasteiger partial charge on any atom is -0.358 e. The Labute approximate surface area is 227 Å². The molecule has 0 aliphatic rings. The van der Waals surface area contributed by atoms with Gasteiger partial charge < -0.3 is 10.3 Å². The molecule has 39 heavy (non-hydrogen) atoms. The fourth-order valence-corrected chi connectivity index (χ4v) is 4.38. The SMILES string of the molecule is C=C/C=C(/c1cccc(F)c1)c1cc(-c2[nH]nc3ncc(-c4cncc(NC(=C)C(C)(C)C)c4)cc23)[nH]c1C. The van der Waals surface area contributed by atoms with Crippen LogP contribution in [0, 0.1) is 18.2 Å². The molecule has 1 aromatic carbocycles. The van der Waals surface area contributed by atoms with E-state index in [0.717, 1.165) is 61.7 Å². The highest BCUT2D eigenvalue weighted by molar-refractivity contribution is 5.94. The van der Waals surface area contributed by atoms with Crippen molar-refractivity contribution in [3.8, 4) is 22.5 Å². The fourth-order valence-electron chi connectivity index (χ4n) is 4.38. The van der Waals surface area contributed by atoms with Crippen LogP contribution in [0.4, 0.5) is 10.1 Å². The minimum absolute atomic E-state index is 0.0788. The predicted octanol–water partition coefficient (Wildman–Crippen LogP) is 8.05. The molecule has 196 valence electrons. The number of aromatic amines is 2. The standard InChI is InChI=1S/C32H31FN6/c1-7-9-26(21-10-8-11-24(33)12-21)27-15-29(36-19(27)2)30-28-14-23(17-35-31(28)39-38-30)22-13-25(18-34-16-22)37-20(3)32(4,5)6/h7-18,36-37H,1,3H2,2,4-6H3,(H,35,38,39)/b26-9-. The van der Waals surface area contributed by atoms with E-state index < -0.39 is 0 Å². The van der Waals surface area contributed by atoms with Crippen LogP contribution in [0.2, 0.25) is 0 Å². The van der Waals surface area contributed by atoms with Crippen LogP contribution in [0.1, 0.15) is 37.6 Å². The zero-order chi connectivity index (χ0) is 27.7. The van der Waals surface area contributed by atoms with E-state index in [2.05, 4.69) is 70.5 Å². The van der Waals surface area contributed by atoms with Crippen LogP contribution in [0.15, 0.2) is 92.1 Å². The summed E-state index contributed by atoms with van der Waals surface area (Å²) in [4.78, 5) is 12.5. The van der Waals surface area contributed by atoms with E-state index in [1.54, 1.807) is 24.5 Å². The molecule has 0 fully saturated rings. The van der Waals surface area contributed by atoms with Crippen LogP contribution in [0.25, 0.3) is 39.1 Å². The third-order valence-electron chi connectivity index (χ3n) is 6.68. The summed E-state index contributed by atoms with van der Waals surface area (Å²) in [5, 5.41) is 11.8. The van der Waals surface area contributed by atoms with Crippen LogP contribution in [0.5, 0.6) is 0 Å². The summed E-state index contributed by atoms with van der Waals surface area (Å²) in [6.07, 6.45) is 9.00. The van der Waals surface area contributed by atoms with Gasteiger partial charge in [-0.2, -0.15) is 5.10 Å². The monoisotopic (exact) mass is 518 g/mol. The summed E-state index contributed by atoms with van der Waals surface area (Å²) in [7, 11) is 0. The highest BCUT2D eigenvalue weighted by Crippen LogP contribution is 2.34. The minimum atomic E-state index is -0.287. The Bertz CT molecular complexity index is 1730. The molecule has 0 spiro atoms. The van der Waals surface area contributed by atoms with Crippen molar-refractivity contribution < 1.29 is 4.39 Å². The second-order valence-corrected chi connectivity index (χ2v) is 10.6. The molecular formula is C32H31FN6. The van der Waals surface area contributed by atoms with E-state index in [4.69, 9.17) is 0 Å². The zero-order valence-electron chi connectivity index (χ0n) is 22.6. The van der Waals surface area contributed by atoms with Crippen molar-refractivity contribution in [1.82, 2.24) is 25.1 Å². The van der Waals surface area contributed by atoms with E-state index in [1.165, 1.54) is 12.1 Å². The average molecular weight is 519 g/mol. The number of nitrogens with one attached hydrogen (secondary N) is 3. The van der Waals surface area contributed by atoms with E-state index in [9.17, 15) is 4.39 Å². The molecule has 7 heteroatoms. The van der Waals surface area contributed by atoms with Crippen molar-refractivity contribution in [2.24, 2.45) is 5.41 Å². The quantitative estimate of drug-likeness (QED) is 0.190. The highest BCUT2D eigenvalue weighted by atomic mass is 19.1. The van der Waals surface area contributed by atoms with Crippen LogP contribution < -0.4 is 5.32 Å². The molecule has 0 atom stereocenters. The maximum absolute atomic E-state index is 14.0. The molecule has 0 saturated carbocycles. The Balaban J connectivity index is 1.53. The second kappa shape index (κ2) is 10.2. The molecule has 3 N–H and O–H groups in total. The Morgan fingerprint density at radius 1 is 1.05 bits per heavy atom. The van der Waals surface area contributed by atoms with E-state index in [-0.39, 0.29) is 11.2 Å². The van der Waals surface area contributed by atoms with Gasteiger partial charge in [-0.3, -0.25) is 10.1 Å². The summed E-state index contributed by atoms with van der Waals surface area (Å²) in [5.41, 5.74) is 9.35. The molecule has 0 aliphatic carbocycles. The number of aromatic nitrogens is 5. The number of aryl methyl sites for hydroxylation is 1. The first kappa shape index (κ1) is 25.9. The van der Waals surface area contributed by atoms with Crippen LogP contribution >= 0.6 is 0 Å². The van der Waals surface area contributed by atoms with E-state index >= 15 is 0 Å². The van der Waals surface area contributed by atoms with Gasteiger partial charge in [0.1, 0.15) is 5.82 Å². The van der Waals surface area contributed by atoms with Gasteiger partial charge in [0.2, 0.25) is 0 Å². The number of hydrogen-bond acceptors (Lipinski definition) is 4. The molecule has 0 amide bonds. The smallest absolute Gasteiger partial charge is 0.181 e. The van der Waals surface area contributed by atoms with Gasteiger partial charge in [-0.05, 0) is 48.4 Å². The Hall–Kier alpha value is -4.78. The average Bonchev–Trinajstić information content (AvgIpc) is 3.49. The molecule has 0 bridgehead atoms. The number of hydrogen-bond donors (Lipinski definition) is 3. The predicted molar refractivity (Wildman–Crippen MR) is 158 cm³/mol. The number of nitrogens with zero attached hydrogens (tertiary/aromatic N) is 3. The maximum atomic E-state index is 14.0. The lowest BCUT2D eigenvalue weighted by molar-refractivity contribution is 0.509. The lowest BCUT2D eigenvalue weighted by atomic mass is 9.93. The third kappa shape index (κ3) is 5.29. The first-order valence-corrected chi connectivity index (χ1v) is 12.7. The van der Waals surface area contributed by atoms with Crippen molar-refractivity contribution >= 4 is 22.3 Å². The molecule has 6 nitrogen and oxygen atoms in total. The summed E-state index contributed by atoms with van der Waals surface area (Å²) in [6, 6.07) is 12.7. The topological polar surface area (TPSA) is 82.3 Å². The van der Waals surface area contributed by atoms with Gasteiger partial charge in [0.15, 0.2) is 5.65 Å². The van der Waals surface area contributed by atoms with Crippen molar-refractivity contribution in [3.63, 3.8) is 0 Å². The van der Waals surface area contributed by atoms with Crippen LogP contribution in [0.3, 0.4) is 0 Å². The van der Waals surface area contributed by atoms with Crippen molar-refractivity contribution in [2.75, 3.05) is 5.32 Å². The van der Waals surface area contributed by atoms with Crippen LogP contribution in [-0.4, -0.2) is 25.1 Å². The molecule has 5 aromatic rings. The summed E-state index contributed by atoms with van der Waals surface area (Å²) in [6.45, 7) is 16.3. The van der Waals surface area contributed by atoms with Crippen LogP contribution in [-0.2, 0) is 0 Å². The first-order chi connectivity index (χ1) is 18.6. The van der Waals surface area contributed by atoms with Gasteiger partial charge in [-0.25, -0.2) is 9.37 Å². The van der Waals surface area contributed by atoms with Gasteiger partial charge >= 0.3 is 0 Å². The van der Waals surface area contributed by atoms with Gasteiger partial charge in [-0.15, -0.1) is 0 Å². The van der Waals surface area contributed by atoms with Gasteiger partial charge in [-0.1, -0.05) is 58.2 Å². The molecule has 0 aliphatic heterocycles. The van der Waals surface area contributed by atoms with Gasteiger partial charge in [0.05, 0.1) is 23.3 Å². The van der Waals surface area contributed by atoms with Gasteiger partial charge in [0, 0.05) is 51.3 Å². The van der Waals surface area contributed by atoms with Crippen molar-refractivity contribution in [3.05, 3.63) is 115 Å². The number of H-pyrrole nitrogens is 2. The van der Waals surface area contributed by atoms with E-state index in [1.807, 2.05) is 37.4 Å². The fraction of sp³-hybridized carbons (Fsp3) is 0.156. The number of halogens is 1.